The molecule has 0 aliphatic heterocycles. The molecule has 0 bridgehead atoms. The van der Waals surface area contributed by atoms with Crippen molar-refractivity contribution in [3.8, 4) is 5.82 Å². The van der Waals surface area contributed by atoms with E-state index in [2.05, 4.69) is 5.10 Å². The first-order valence-electron chi connectivity index (χ1n) is 9.47. The van der Waals surface area contributed by atoms with Crippen LogP contribution < -0.4 is 4.72 Å². The number of aromatic nitrogens is 3. The lowest BCUT2D eigenvalue weighted by atomic mass is 10.2. The molecule has 32 heavy (non-hydrogen) atoms. The SMILES string of the molecule is Cc1nn(C)c(-n2ccc3cc(Cl)ccc32)c1/C=C/C(=O)NS(=O)(=O)c1ccc(Cl)cc1. The molecule has 0 atom stereocenters. The highest BCUT2D eigenvalue weighted by Crippen LogP contribution is 2.27. The minimum atomic E-state index is -4.02. The van der Waals surface area contributed by atoms with Crippen molar-refractivity contribution in [2.24, 2.45) is 7.05 Å². The third-order valence-corrected chi connectivity index (χ3v) is 6.73. The number of carbonyl (C=O) groups excluding carboxylic acids is 1. The van der Waals surface area contributed by atoms with Gasteiger partial charge in [-0.05, 0) is 61.5 Å². The molecule has 10 heteroatoms. The van der Waals surface area contributed by atoms with Crippen molar-refractivity contribution in [2.75, 3.05) is 0 Å². The number of hydrogen-bond donors (Lipinski definition) is 1. The van der Waals surface area contributed by atoms with Gasteiger partial charge < -0.3 is 4.57 Å². The van der Waals surface area contributed by atoms with Gasteiger partial charge in [0.1, 0.15) is 5.82 Å². The first kappa shape index (κ1) is 22.1. The molecule has 2 heterocycles. The van der Waals surface area contributed by atoms with E-state index in [1.807, 2.05) is 40.6 Å². The van der Waals surface area contributed by atoms with Crippen molar-refractivity contribution in [3.05, 3.63) is 82.1 Å². The van der Waals surface area contributed by atoms with Gasteiger partial charge in [-0.1, -0.05) is 23.2 Å². The minimum absolute atomic E-state index is 0.0561. The molecule has 0 fully saturated rings. The number of nitrogens with one attached hydrogen (secondary N) is 1. The number of aryl methyl sites for hydroxylation is 2. The van der Waals surface area contributed by atoms with Gasteiger partial charge in [-0.3, -0.25) is 9.48 Å². The van der Waals surface area contributed by atoms with Gasteiger partial charge in [0.05, 0.1) is 16.1 Å². The molecule has 4 rings (SSSR count). The van der Waals surface area contributed by atoms with E-state index in [1.165, 1.54) is 30.3 Å². The third kappa shape index (κ3) is 4.29. The maximum absolute atomic E-state index is 12.4. The van der Waals surface area contributed by atoms with E-state index in [0.29, 0.717) is 21.3 Å². The second kappa shape index (κ2) is 8.46. The minimum Gasteiger partial charge on any atom is -0.301 e. The number of carbonyl (C=O) groups is 1. The third-order valence-electron chi connectivity index (χ3n) is 4.88. The van der Waals surface area contributed by atoms with Crippen LogP contribution in [0, 0.1) is 6.92 Å². The second-order valence-corrected chi connectivity index (χ2v) is 9.65. The highest BCUT2D eigenvalue weighted by atomic mass is 35.5. The molecule has 2 aromatic carbocycles. The van der Waals surface area contributed by atoms with E-state index in [1.54, 1.807) is 23.9 Å². The van der Waals surface area contributed by atoms with Crippen LogP contribution in [0.25, 0.3) is 22.8 Å². The Hall–Kier alpha value is -3.07. The Balaban J connectivity index is 1.65. The van der Waals surface area contributed by atoms with Crippen molar-refractivity contribution in [2.45, 2.75) is 11.8 Å². The molecule has 1 amide bonds. The monoisotopic (exact) mass is 488 g/mol. The predicted molar refractivity (Wildman–Crippen MR) is 126 cm³/mol. The lowest BCUT2D eigenvalue weighted by molar-refractivity contribution is -0.114. The Labute approximate surface area is 194 Å². The first-order chi connectivity index (χ1) is 15.2. The van der Waals surface area contributed by atoms with E-state index >= 15 is 0 Å². The van der Waals surface area contributed by atoms with Crippen molar-refractivity contribution < 1.29 is 13.2 Å². The van der Waals surface area contributed by atoms with Gasteiger partial charge in [-0.25, -0.2) is 13.1 Å². The molecular weight excluding hydrogens is 471 g/mol. The van der Waals surface area contributed by atoms with Crippen LogP contribution in [-0.4, -0.2) is 28.7 Å². The smallest absolute Gasteiger partial charge is 0.264 e. The van der Waals surface area contributed by atoms with Gasteiger partial charge in [0.25, 0.3) is 15.9 Å². The number of amides is 1. The molecule has 4 aromatic rings. The molecule has 0 saturated heterocycles. The van der Waals surface area contributed by atoms with E-state index in [-0.39, 0.29) is 4.90 Å². The highest BCUT2D eigenvalue weighted by molar-refractivity contribution is 7.90. The van der Waals surface area contributed by atoms with Crippen LogP contribution in [-0.2, 0) is 21.9 Å². The first-order valence-corrected chi connectivity index (χ1v) is 11.7. The standard InChI is InChI=1S/C22H18Cl2N4O3S/c1-14-19(8-10-21(29)26-32(30,31)18-6-3-16(23)4-7-18)22(27(2)25-14)28-12-11-15-13-17(24)5-9-20(15)28/h3-13H,1-2H3,(H,26,29)/b10-8+. The average Bonchev–Trinajstić information content (AvgIpc) is 3.25. The van der Waals surface area contributed by atoms with Crippen LogP contribution >= 0.6 is 23.2 Å². The van der Waals surface area contributed by atoms with Gasteiger partial charge in [-0.2, -0.15) is 5.10 Å². The van der Waals surface area contributed by atoms with Gasteiger partial charge >= 0.3 is 0 Å². The maximum atomic E-state index is 12.4. The van der Waals surface area contributed by atoms with Crippen LogP contribution in [0.15, 0.2) is 65.7 Å². The van der Waals surface area contributed by atoms with Crippen molar-refractivity contribution in [3.63, 3.8) is 0 Å². The van der Waals surface area contributed by atoms with E-state index < -0.39 is 15.9 Å². The molecule has 0 spiro atoms. The zero-order chi connectivity index (χ0) is 23.0. The van der Waals surface area contributed by atoms with Crippen LogP contribution in [0.1, 0.15) is 11.3 Å². The Morgan fingerprint density at radius 1 is 1.06 bits per heavy atom. The predicted octanol–water partition coefficient (Wildman–Crippen LogP) is 4.50. The Bertz CT molecular complexity index is 1470. The average molecular weight is 489 g/mol. The molecular formula is C22H18Cl2N4O3S. The summed E-state index contributed by atoms with van der Waals surface area (Å²) in [6.07, 6.45) is 4.61. The fourth-order valence-corrected chi connectivity index (χ4v) is 4.69. The van der Waals surface area contributed by atoms with Gasteiger partial charge in [-0.15, -0.1) is 0 Å². The quantitative estimate of drug-likeness (QED) is 0.419. The van der Waals surface area contributed by atoms with Crippen LogP contribution in [0.3, 0.4) is 0 Å². The number of hydrogen-bond acceptors (Lipinski definition) is 4. The van der Waals surface area contributed by atoms with Crippen molar-refractivity contribution >= 4 is 56.1 Å². The van der Waals surface area contributed by atoms with Crippen molar-refractivity contribution in [1.29, 1.82) is 0 Å². The summed E-state index contributed by atoms with van der Waals surface area (Å²) in [5.41, 5.74) is 2.28. The van der Waals surface area contributed by atoms with Gasteiger partial charge in [0, 0.05) is 40.3 Å². The zero-order valence-corrected chi connectivity index (χ0v) is 19.4. The fraction of sp³-hybridized carbons (Fsp3) is 0.0909. The molecule has 7 nitrogen and oxygen atoms in total. The Morgan fingerprint density at radius 3 is 2.47 bits per heavy atom. The largest absolute Gasteiger partial charge is 0.301 e. The fourth-order valence-electron chi connectivity index (χ4n) is 3.44. The summed E-state index contributed by atoms with van der Waals surface area (Å²) in [4.78, 5) is 12.3. The van der Waals surface area contributed by atoms with E-state index in [0.717, 1.165) is 16.7 Å². The number of benzene rings is 2. The molecule has 0 saturated carbocycles. The molecule has 0 aliphatic carbocycles. The van der Waals surface area contributed by atoms with Crippen LogP contribution in [0.2, 0.25) is 10.0 Å². The zero-order valence-electron chi connectivity index (χ0n) is 17.1. The molecule has 0 aliphatic rings. The van der Waals surface area contributed by atoms with Crippen LogP contribution in [0.5, 0.6) is 0 Å². The number of nitrogens with zero attached hydrogens (tertiary/aromatic N) is 3. The maximum Gasteiger partial charge on any atom is 0.264 e. The van der Waals surface area contributed by atoms with Gasteiger partial charge in [0.2, 0.25) is 0 Å². The normalized spacial score (nSPS) is 12.0. The summed E-state index contributed by atoms with van der Waals surface area (Å²) in [5.74, 6) is -0.0530. The second-order valence-electron chi connectivity index (χ2n) is 7.09. The number of halogens is 2. The van der Waals surface area contributed by atoms with Crippen LogP contribution in [0.4, 0.5) is 0 Å². The van der Waals surface area contributed by atoms with Crippen molar-refractivity contribution in [1.82, 2.24) is 19.1 Å². The lowest BCUT2D eigenvalue weighted by Gasteiger charge is -2.08. The number of fused-ring (bicyclic) bond motifs is 1. The summed E-state index contributed by atoms with van der Waals surface area (Å²) in [6.45, 7) is 1.81. The molecule has 0 radical (unpaired) electrons. The number of rotatable bonds is 5. The Morgan fingerprint density at radius 2 is 1.75 bits per heavy atom. The molecule has 1 N–H and O–H groups in total. The summed E-state index contributed by atoms with van der Waals surface area (Å²) in [6, 6.07) is 13.0. The van der Waals surface area contributed by atoms with E-state index in [4.69, 9.17) is 23.2 Å². The lowest BCUT2D eigenvalue weighted by Crippen LogP contribution is -2.28. The molecule has 164 valence electrons. The molecule has 0 unspecified atom stereocenters. The summed E-state index contributed by atoms with van der Waals surface area (Å²) in [7, 11) is -2.22. The topological polar surface area (TPSA) is 86.0 Å². The van der Waals surface area contributed by atoms with E-state index in [9.17, 15) is 13.2 Å². The number of sulfonamides is 1. The summed E-state index contributed by atoms with van der Waals surface area (Å²) in [5, 5.41) is 6.44. The Kier molecular flexibility index (Phi) is 5.85. The van der Waals surface area contributed by atoms with Gasteiger partial charge in [0.15, 0.2) is 0 Å². The summed E-state index contributed by atoms with van der Waals surface area (Å²) < 4.78 is 30.5. The summed E-state index contributed by atoms with van der Waals surface area (Å²) >= 11 is 11.9. The highest BCUT2D eigenvalue weighted by Gasteiger charge is 2.18. The molecule has 2 aromatic heterocycles.